The van der Waals surface area contributed by atoms with E-state index < -0.39 is 8.38 Å². The molecule has 1 aromatic rings. The third-order valence-electron chi connectivity index (χ3n) is 3.61. The fourth-order valence-corrected chi connectivity index (χ4v) is 3.62. The molecule has 6 heteroatoms. The lowest BCUT2D eigenvalue weighted by atomic mass is 9.90. The molecule has 2 rings (SSSR count). The molecule has 2 N–H and O–H groups in total. The van der Waals surface area contributed by atoms with E-state index in [-0.39, 0.29) is 17.2 Å². The molecule has 20 heavy (non-hydrogen) atoms. The van der Waals surface area contributed by atoms with Crippen LogP contribution in [0, 0.1) is 0 Å². The van der Waals surface area contributed by atoms with Gasteiger partial charge in [0.2, 0.25) is 8.38 Å². The first-order valence-corrected chi connectivity index (χ1v) is 7.70. The molecule has 2 amide bonds. The molecular formula is C14H21N2O3P. The third-order valence-corrected chi connectivity index (χ3v) is 5.56. The third kappa shape index (κ3) is 2.95. The largest absolute Gasteiger partial charge is 0.341 e. The summed E-state index contributed by atoms with van der Waals surface area (Å²) in [5.74, 6) is 0. The predicted octanol–water partition coefficient (Wildman–Crippen LogP) is 2.98. The van der Waals surface area contributed by atoms with E-state index in [0.717, 1.165) is 11.0 Å². The molecule has 0 saturated carbocycles. The summed E-state index contributed by atoms with van der Waals surface area (Å²) in [6.07, 6.45) is 0. The average molecular weight is 296 g/mol. The highest BCUT2D eigenvalue weighted by Gasteiger charge is 2.50. The first kappa shape index (κ1) is 15.2. The SMILES string of the molecule is CNC(=O)Nc1cccc(P2OC(C)(C)C(C)(C)O2)c1. The summed E-state index contributed by atoms with van der Waals surface area (Å²) in [4.78, 5) is 11.3. The summed E-state index contributed by atoms with van der Waals surface area (Å²) >= 11 is 0. The zero-order chi connectivity index (χ0) is 15.0. The van der Waals surface area contributed by atoms with Crippen LogP contribution in [0.1, 0.15) is 27.7 Å². The van der Waals surface area contributed by atoms with E-state index in [1.165, 1.54) is 0 Å². The van der Waals surface area contributed by atoms with Crippen molar-refractivity contribution >= 4 is 25.4 Å². The summed E-state index contributed by atoms with van der Waals surface area (Å²) in [6.45, 7) is 8.12. The molecule has 0 spiro atoms. The molecule has 0 bridgehead atoms. The van der Waals surface area contributed by atoms with Crippen LogP contribution < -0.4 is 15.9 Å². The molecule has 0 atom stereocenters. The Morgan fingerprint density at radius 3 is 2.30 bits per heavy atom. The molecule has 1 aromatic carbocycles. The van der Waals surface area contributed by atoms with Gasteiger partial charge in [0.25, 0.3) is 0 Å². The molecule has 0 aromatic heterocycles. The highest BCUT2D eigenvalue weighted by molar-refractivity contribution is 7.56. The summed E-state index contributed by atoms with van der Waals surface area (Å²) in [5, 5.41) is 6.22. The minimum atomic E-state index is -1.13. The van der Waals surface area contributed by atoms with Crippen molar-refractivity contribution in [3.8, 4) is 0 Å². The van der Waals surface area contributed by atoms with Crippen LogP contribution in [0.15, 0.2) is 24.3 Å². The maximum Gasteiger partial charge on any atom is 0.318 e. The Labute approximate surface area is 121 Å². The second-order valence-corrected chi connectivity index (χ2v) is 7.11. The van der Waals surface area contributed by atoms with Gasteiger partial charge in [0.15, 0.2) is 0 Å². The molecule has 1 heterocycles. The molecule has 1 aliphatic rings. The van der Waals surface area contributed by atoms with Gasteiger partial charge in [-0.3, -0.25) is 0 Å². The molecular weight excluding hydrogens is 275 g/mol. The Kier molecular flexibility index (Phi) is 4.05. The Morgan fingerprint density at radius 2 is 1.75 bits per heavy atom. The second kappa shape index (κ2) is 5.32. The van der Waals surface area contributed by atoms with Gasteiger partial charge in [-0.2, -0.15) is 0 Å². The van der Waals surface area contributed by atoms with Gasteiger partial charge < -0.3 is 19.7 Å². The van der Waals surface area contributed by atoms with Crippen molar-refractivity contribution in [2.75, 3.05) is 12.4 Å². The standard InChI is InChI=1S/C14H21N2O3P/c1-13(2)14(3,4)19-20(18-13)11-8-6-7-10(9-11)16-12(17)15-5/h6-9H,1-5H3,(H2,15,16,17). The van der Waals surface area contributed by atoms with Crippen LogP contribution in [0.2, 0.25) is 0 Å². The molecule has 0 radical (unpaired) electrons. The van der Waals surface area contributed by atoms with Gasteiger partial charge in [-0.25, -0.2) is 4.79 Å². The average Bonchev–Trinajstić information content (AvgIpc) is 2.59. The first-order chi connectivity index (χ1) is 9.25. The monoisotopic (exact) mass is 296 g/mol. The van der Waals surface area contributed by atoms with Crippen molar-refractivity contribution in [2.24, 2.45) is 0 Å². The van der Waals surface area contributed by atoms with Gasteiger partial charge in [0.05, 0.1) is 11.2 Å². The maximum atomic E-state index is 11.3. The summed E-state index contributed by atoms with van der Waals surface area (Å²) in [5.41, 5.74) is 0.0327. The summed E-state index contributed by atoms with van der Waals surface area (Å²) in [6, 6.07) is 7.31. The Hall–Kier alpha value is -1.16. The number of anilines is 1. The molecule has 5 nitrogen and oxygen atoms in total. The summed E-state index contributed by atoms with van der Waals surface area (Å²) in [7, 11) is 0.448. The fourth-order valence-electron chi connectivity index (χ4n) is 1.65. The Balaban J connectivity index is 2.19. The Bertz CT molecular complexity index is 501. The minimum Gasteiger partial charge on any atom is -0.341 e. The van der Waals surface area contributed by atoms with Crippen molar-refractivity contribution in [3.05, 3.63) is 24.3 Å². The van der Waals surface area contributed by atoms with Crippen LogP contribution in [0.25, 0.3) is 0 Å². The lowest BCUT2D eigenvalue weighted by Crippen LogP contribution is -2.41. The molecule has 1 aliphatic heterocycles. The fraction of sp³-hybridized carbons (Fsp3) is 0.500. The number of hydrogen-bond donors (Lipinski definition) is 2. The smallest absolute Gasteiger partial charge is 0.318 e. The van der Waals surface area contributed by atoms with Crippen molar-refractivity contribution in [2.45, 2.75) is 38.9 Å². The van der Waals surface area contributed by atoms with E-state index in [0.29, 0.717) is 0 Å². The van der Waals surface area contributed by atoms with E-state index >= 15 is 0 Å². The van der Waals surface area contributed by atoms with E-state index in [1.54, 1.807) is 7.05 Å². The molecule has 1 fully saturated rings. The molecule has 1 saturated heterocycles. The van der Waals surface area contributed by atoms with Crippen molar-refractivity contribution in [1.29, 1.82) is 0 Å². The van der Waals surface area contributed by atoms with Gasteiger partial charge in [0, 0.05) is 18.0 Å². The minimum absolute atomic E-state index is 0.246. The topological polar surface area (TPSA) is 59.6 Å². The van der Waals surface area contributed by atoms with Gasteiger partial charge >= 0.3 is 6.03 Å². The van der Waals surface area contributed by atoms with Crippen LogP contribution in [0.4, 0.5) is 10.5 Å². The zero-order valence-electron chi connectivity index (χ0n) is 12.5. The molecule has 0 aliphatic carbocycles. The van der Waals surface area contributed by atoms with Crippen LogP contribution in [0.3, 0.4) is 0 Å². The van der Waals surface area contributed by atoms with Crippen molar-refractivity contribution in [1.82, 2.24) is 5.32 Å². The molecule has 110 valence electrons. The van der Waals surface area contributed by atoms with Gasteiger partial charge in [-0.1, -0.05) is 6.07 Å². The quantitative estimate of drug-likeness (QED) is 0.825. The van der Waals surface area contributed by atoms with Crippen LogP contribution >= 0.6 is 8.38 Å². The number of rotatable bonds is 2. The highest BCUT2D eigenvalue weighted by Crippen LogP contribution is 2.57. The number of amides is 2. The van der Waals surface area contributed by atoms with Crippen LogP contribution in [0.5, 0.6) is 0 Å². The normalized spacial score (nSPS) is 20.6. The second-order valence-electron chi connectivity index (χ2n) is 5.71. The van der Waals surface area contributed by atoms with Crippen LogP contribution in [-0.4, -0.2) is 24.3 Å². The van der Waals surface area contributed by atoms with Crippen molar-refractivity contribution in [3.63, 3.8) is 0 Å². The van der Waals surface area contributed by atoms with Gasteiger partial charge in [0.1, 0.15) is 0 Å². The van der Waals surface area contributed by atoms with Gasteiger partial charge in [-0.05, 0) is 45.9 Å². The number of urea groups is 1. The number of hydrogen-bond acceptors (Lipinski definition) is 3. The zero-order valence-corrected chi connectivity index (χ0v) is 13.4. The molecule has 0 unspecified atom stereocenters. The maximum absolute atomic E-state index is 11.3. The van der Waals surface area contributed by atoms with Gasteiger partial charge in [-0.15, -0.1) is 0 Å². The predicted molar refractivity (Wildman–Crippen MR) is 81.4 cm³/mol. The number of carbonyl (C=O) groups excluding carboxylic acids is 1. The number of nitrogens with one attached hydrogen (secondary N) is 2. The van der Waals surface area contributed by atoms with Crippen molar-refractivity contribution < 1.29 is 13.8 Å². The van der Waals surface area contributed by atoms with E-state index in [4.69, 9.17) is 9.05 Å². The highest BCUT2D eigenvalue weighted by atomic mass is 31.2. The lowest BCUT2D eigenvalue weighted by molar-refractivity contribution is 0.00578. The van der Waals surface area contributed by atoms with E-state index in [1.807, 2.05) is 52.0 Å². The van der Waals surface area contributed by atoms with Crippen LogP contribution in [-0.2, 0) is 9.05 Å². The number of carbonyl (C=O) groups is 1. The van der Waals surface area contributed by atoms with E-state index in [2.05, 4.69) is 10.6 Å². The first-order valence-electron chi connectivity index (χ1n) is 6.52. The summed E-state index contributed by atoms with van der Waals surface area (Å²) < 4.78 is 12.1. The van der Waals surface area contributed by atoms with E-state index in [9.17, 15) is 4.79 Å². The number of benzene rings is 1. The Morgan fingerprint density at radius 1 is 1.15 bits per heavy atom. The lowest BCUT2D eigenvalue weighted by Gasteiger charge is -2.29.